The zero-order chi connectivity index (χ0) is 22.0. The Labute approximate surface area is 185 Å². The molecule has 0 bridgehead atoms. The molecule has 0 saturated heterocycles. The third kappa shape index (κ3) is 3.93. The molecule has 7 heteroatoms. The summed E-state index contributed by atoms with van der Waals surface area (Å²) in [4.78, 5) is -0.374. The molecule has 0 amide bonds. The van der Waals surface area contributed by atoms with Crippen molar-refractivity contribution in [1.29, 1.82) is 5.26 Å². The molecule has 5 nitrogen and oxygen atoms in total. The third-order valence-corrected chi connectivity index (χ3v) is 6.78. The van der Waals surface area contributed by atoms with Crippen LogP contribution in [-0.4, -0.2) is 15.5 Å². The largest absolute Gasteiger partial charge is 0.497 e. The Bertz CT molecular complexity index is 1350. The summed E-state index contributed by atoms with van der Waals surface area (Å²) < 4.78 is 37.8. The number of halogens is 1. The molecule has 1 heterocycles. The van der Waals surface area contributed by atoms with E-state index in [0.717, 1.165) is 0 Å². The first-order valence-corrected chi connectivity index (χ1v) is 11.1. The second kappa shape index (κ2) is 8.31. The van der Waals surface area contributed by atoms with Gasteiger partial charge in [-0.2, -0.15) is 5.26 Å². The Morgan fingerprint density at radius 1 is 1.00 bits per heavy atom. The number of nitriles is 1. The van der Waals surface area contributed by atoms with Crippen LogP contribution in [0.4, 0.5) is 0 Å². The predicted molar refractivity (Wildman–Crippen MR) is 119 cm³/mol. The summed E-state index contributed by atoms with van der Waals surface area (Å²) in [5.74, 6) is 1.57. The number of hydrogen-bond acceptors (Lipinski definition) is 5. The molecule has 31 heavy (non-hydrogen) atoms. The molecule has 0 spiro atoms. The number of fused-ring (bicyclic) bond motifs is 1. The van der Waals surface area contributed by atoms with E-state index < -0.39 is 9.84 Å². The highest BCUT2D eigenvalue weighted by atomic mass is 35.5. The van der Waals surface area contributed by atoms with Crippen molar-refractivity contribution in [1.82, 2.24) is 0 Å². The highest BCUT2D eigenvalue weighted by Crippen LogP contribution is 2.40. The summed E-state index contributed by atoms with van der Waals surface area (Å²) in [5, 5.41) is 10.3. The number of hydrogen-bond donors (Lipinski definition) is 0. The molecule has 0 aromatic heterocycles. The first kappa shape index (κ1) is 20.7. The van der Waals surface area contributed by atoms with Crippen LogP contribution >= 0.6 is 11.6 Å². The van der Waals surface area contributed by atoms with Gasteiger partial charge in [0.05, 0.1) is 12.0 Å². The Hall–Kier alpha value is -3.53. The van der Waals surface area contributed by atoms with Crippen molar-refractivity contribution in [3.63, 3.8) is 0 Å². The molecule has 0 saturated carbocycles. The first-order valence-electron chi connectivity index (χ1n) is 9.22. The van der Waals surface area contributed by atoms with E-state index in [1.165, 1.54) is 24.3 Å². The van der Waals surface area contributed by atoms with Crippen molar-refractivity contribution < 1.29 is 17.9 Å². The van der Waals surface area contributed by atoms with Gasteiger partial charge in [0.25, 0.3) is 0 Å². The minimum absolute atomic E-state index is 0.00989. The fraction of sp³-hybridized carbons (Fsp3) is 0.0417. The average molecular weight is 450 g/mol. The number of benzene rings is 3. The zero-order valence-electron chi connectivity index (χ0n) is 16.4. The van der Waals surface area contributed by atoms with Crippen LogP contribution in [0.25, 0.3) is 11.3 Å². The van der Waals surface area contributed by atoms with E-state index >= 15 is 0 Å². The van der Waals surface area contributed by atoms with E-state index in [2.05, 4.69) is 0 Å². The van der Waals surface area contributed by atoms with Gasteiger partial charge in [0.1, 0.15) is 23.3 Å². The molecule has 1 aliphatic rings. The number of methoxy groups -OCH3 is 1. The van der Waals surface area contributed by atoms with Crippen molar-refractivity contribution in [3.8, 4) is 17.6 Å². The van der Waals surface area contributed by atoms with Gasteiger partial charge in [-0.25, -0.2) is 8.42 Å². The standard InChI is InChI=1S/C24H16ClNO4S/c1-29-18-10-6-16(7-11-18)23-14-21(20-4-2-3-5-22(20)30-23)24(15-26)31(27,28)19-12-8-17(25)9-13-19/h2-14H,1H3. The molecule has 0 unspecified atom stereocenters. The number of rotatable bonds is 4. The van der Waals surface area contributed by atoms with Crippen LogP contribution in [0.5, 0.6) is 11.5 Å². The van der Waals surface area contributed by atoms with Gasteiger partial charge in [0, 0.05) is 21.7 Å². The second-order valence-corrected chi connectivity index (χ2v) is 8.97. The second-order valence-electron chi connectivity index (χ2n) is 6.65. The van der Waals surface area contributed by atoms with Crippen molar-refractivity contribution in [2.75, 3.05) is 7.11 Å². The normalized spacial score (nSPS) is 14.5. The number of para-hydroxylation sites is 1. The highest BCUT2D eigenvalue weighted by molar-refractivity contribution is 7.95. The molecular weight excluding hydrogens is 434 g/mol. The lowest BCUT2D eigenvalue weighted by atomic mass is 9.99. The molecule has 3 aromatic rings. The molecule has 0 N–H and O–H groups in total. The molecule has 0 atom stereocenters. The van der Waals surface area contributed by atoms with Crippen LogP contribution in [-0.2, 0) is 9.84 Å². The van der Waals surface area contributed by atoms with E-state index in [9.17, 15) is 13.7 Å². The van der Waals surface area contributed by atoms with E-state index in [1.54, 1.807) is 61.7 Å². The van der Waals surface area contributed by atoms with Crippen molar-refractivity contribution in [3.05, 3.63) is 99.9 Å². The van der Waals surface area contributed by atoms with Crippen LogP contribution in [0.15, 0.2) is 88.7 Å². The van der Waals surface area contributed by atoms with Gasteiger partial charge in [-0.1, -0.05) is 29.8 Å². The maximum Gasteiger partial charge on any atom is 0.217 e. The Balaban J connectivity index is 1.93. The Morgan fingerprint density at radius 2 is 1.68 bits per heavy atom. The maximum absolute atomic E-state index is 13.3. The number of allylic oxidation sites excluding steroid dienone is 3. The van der Waals surface area contributed by atoms with E-state index in [0.29, 0.717) is 33.4 Å². The smallest absolute Gasteiger partial charge is 0.217 e. The van der Waals surface area contributed by atoms with E-state index in [-0.39, 0.29) is 15.4 Å². The van der Waals surface area contributed by atoms with Crippen LogP contribution in [0.3, 0.4) is 0 Å². The SMILES string of the molecule is COc1ccc(C2=CC(=C(C#N)S(=O)(=O)c3ccc(Cl)cc3)c3ccccc3O2)cc1. The van der Waals surface area contributed by atoms with Crippen molar-refractivity contribution in [2.45, 2.75) is 4.90 Å². The minimum Gasteiger partial charge on any atom is -0.497 e. The van der Waals surface area contributed by atoms with Gasteiger partial charge < -0.3 is 9.47 Å². The zero-order valence-corrected chi connectivity index (χ0v) is 17.9. The van der Waals surface area contributed by atoms with Crippen LogP contribution < -0.4 is 9.47 Å². The average Bonchev–Trinajstić information content (AvgIpc) is 2.79. The van der Waals surface area contributed by atoms with Gasteiger partial charge in [0.2, 0.25) is 9.84 Å². The number of sulfone groups is 1. The molecule has 0 aliphatic carbocycles. The molecule has 0 radical (unpaired) electrons. The van der Waals surface area contributed by atoms with E-state index in [1.807, 2.05) is 6.07 Å². The van der Waals surface area contributed by atoms with Crippen LogP contribution in [0, 0.1) is 11.3 Å². The molecular formula is C24H16ClNO4S. The molecule has 154 valence electrons. The molecule has 0 fully saturated rings. The highest BCUT2D eigenvalue weighted by Gasteiger charge is 2.29. The minimum atomic E-state index is -4.09. The number of ether oxygens (including phenoxy) is 2. The fourth-order valence-electron chi connectivity index (χ4n) is 3.22. The summed E-state index contributed by atoms with van der Waals surface area (Å²) in [7, 11) is -2.51. The molecule has 4 rings (SSSR count). The van der Waals surface area contributed by atoms with Gasteiger partial charge in [-0.05, 0) is 60.7 Å². The van der Waals surface area contributed by atoms with Gasteiger partial charge >= 0.3 is 0 Å². The molecule has 3 aromatic carbocycles. The van der Waals surface area contributed by atoms with Gasteiger partial charge in [0.15, 0.2) is 4.91 Å². The van der Waals surface area contributed by atoms with Crippen LogP contribution in [0.1, 0.15) is 11.1 Å². The Kier molecular flexibility index (Phi) is 5.55. The van der Waals surface area contributed by atoms with E-state index in [4.69, 9.17) is 21.1 Å². The maximum atomic E-state index is 13.3. The Morgan fingerprint density at radius 3 is 2.32 bits per heavy atom. The summed E-state index contributed by atoms with van der Waals surface area (Å²) in [5.41, 5.74) is 1.51. The fourth-order valence-corrected chi connectivity index (χ4v) is 4.65. The van der Waals surface area contributed by atoms with Crippen molar-refractivity contribution >= 4 is 32.8 Å². The van der Waals surface area contributed by atoms with Gasteiger partial charge in [-0.3, -0.25) is 0 Å². The van der Waals surface area contributed by atoms with Crippen molar-refractivity contribution in [2.24, 2.45) is 0 Å². The predicted octanol–water partition coefficient (Wildman–Crippen LogP) is 5.49. The topological polar surface area (TPSA) is 76.4 Å². The third-order valence-electron chi connectivity index (χ3n) is 4.79. The monoisotopic (exact) mass is 449 g/mol. The number of nitrogens with zero attached hydrogens (tertiary/aromatic N) is 1. The lowest BCUT2D eigenvalue weighted by Crippen LogP contribution is -2.10. The first-order chi connectivity index (χ1) is 14.9. The van der Waals surface area contributed by atoms with Crippen LogP contribution in [0.2, 0.25) is 5.02 Å². The lowest BCUT2D eigenvalue weighted by Gasteiger charge is -2.21. The summed E-state index contributed by atoms with van der Waals surface area (Å²) in [6.07, 6.45) is 1.58. The molecule has 1 aliphatic heterocycles. The summed E-state index contributed by atoms with van der Waals surface area (Å²) >= 11 is 5.89. The lowest BCUT2D eigenvalue weighted by molar-refractivity contribution is 0.414. The summed E-state index contributed by atoms with van der Waals surface area (Å²) in [6, 6.07) is 21.8. The quantitative estimate of drug-likeness (QED) is 0.492. The van der Waals surface area contributed by atoms with Gasteiger partial charge in [-0.15, -0.1) is 0 Å². The summed E-state index contributed by atoms with van der Waals surface area (Å²) in [6.45, 7) is 0.